The maximum atomic E-state index is 12.8. The molecule has 9 nitrogen and oxygen atoms in total. The average molecular weight is 451 g/mol. The van der Waals surface area contributed by atoms with Crippen LogP contribution in [-0.4, -0.2) is 90.4 Å². The highest BCUT2D eigenvalue weighted by Crippen LogP contribution is 2.22. The van der Waals surface area contributed by atoms with Crippen molar-refractivity contribution in [1.29, 1.82) is 5.26 Å². The summed E-state index contributed by atoms with van der Waals surface area (Å²) < 4.78 is 5.58. The van der Waals surface area contributed by atoms with Crippen molar-refractivity contribution in [3.8, 4) is 6.07 Å². The van der Waals surface area contributed by atoms with Gasteiger partial charge in [-0.1, -0.05) is 29.8 Å². The fourth-order valence-electron chi connectivity index (χ4n) is 4.30. The second-order valence-corrected chi connectivity index (χ2v) is 8.69. The molecule has 0 aliphatic carbocycles. The summed E-state index contributed by atoms with van der Waals surface area (Å²) in [4.78, 5) is 37.4. The SMILES string of the molecule is Cc1ccc(CC(=O)N2CCN(CC(=O)N3CCN(c4oc(C)nc4C#N)CC3)CC2)cc1. The van der Waals surface area contributed by atoms with Crippen molar-refractivity contribution >= 4 is 17.7 Å². The molecule has 9 heteroatoms. The summed E-state index contributed by atoms with van der Waals surface area (Å²) in [6.07, 6.45) is 0.418. The largest absolute Gasteiger partial charge is 0.424 e. The summed E-state index contributed by atoms with van der Waals surface area (Å²) in [5.74, 6) is 1.20. The second-order valence-electron chi connectivity index (χ2n) is 8.69. The number of aryl methyl sites for hydroxylation is 2. The molecule has 0 saturated carbocycles. The van der Waals surface area contributed by atoms with Gasteiger partial charge in [0.05, 0.1) is 13.0 Å². The Balaban J connectivity index is 1.21. The lowest BCUT2D eigenvalue weighted by Gasteiger charge is -2.38. The van der Waals surface area contributed by atoms with Crippen LogP contribution in [0.5, 0.6) is 0 Å². The van der Waals surface area contributed by atoms with Crippen molar-refractivity contribution in [2.75, 3.05) is 63.8 Å². The molecule has 33 heavy (non-hydrogen) atoms. The van der Waals surface area contributed by atoms with E-state index in [4.69, 9.17) is 4.42 Å². The van der Waals surface area contributed by atoms with Crippen LogP contribution in [0.15, 0.2) is 28.7 Å². The summed E-state index contributed by atoms with van der Waals surface area (Å²) >= 11 is 0. The molecule has 2 amide bonds. The van der Waals surface area contributed by atoms with Gasteiger partial charge >= 0.3 is 0 Å². The fraction of sp³-hybridized carbons (Fsp3) is 0.500. The molecule has 0 atom stereocenters. The predicted octanol–water partition coefficient (Wildman–Crippen LogP) is 1.20. The Morgan fingerprint density at radius 3 is 2.18 bits per heavy atom. The number of benzene rings is 1. The molecule has 1 aromatic carbocycles. The molecule has 0 bridgehead atoms. The fourth-order valence-corrected chi connectivity index (χ4v) is 4.30. The number of amides is 2. The Bertz CT molecular complexity index is 1030. The van der Waals surface area contributed by atoms with E-state index < -0.39 is 0 Å². The lowest BCUT2D eigenvalue weighted by molar-refractivity contribution is -0.135. The number of hydrogen-bond acceptors (Lipinski definition) is 7. The number of carbonyl (C=O) groups is 2. The Hall–Kier alpha value is -3.38. The maximum absolute atomic E-state index is 12.8. The van der Waals surface area contributed by atoms with E-state index in [2.05, 4.69) is 16.0 Å². The van der Waals surface area contributed by atoms with Gasteiger partial charge in [-0.15, -0.1) is 0 Å². The number of oxazole rings is 1. The Morgan fingerprint density at radius 2 is 1.55 bits per heavy atom. The summed E-state index contributed by atoms with van der Waals surface area (Å²) in [7, 11) is 0. The molecule has 2 saturated heterocycles. The van der Waals surface area contributed by atoms with Crippen molar-refractivity contribution in [3.63, 3.8) is 0 Å². The van der Waals surface area contributed by atoms with E-state index in [0.29, 0.717) is 82.8 Å². The smallest absolute Gasteiger partial charge is 0.236 e. The number of nitrogens with zero attached hydrogens (tertiary/aromatic N) is 6. The zero-order valence-electron chi connectivity index (χ0n) is 19.3. The monoisotopic (exact) mass is 450 g/mol. The van der Waals surface area contributed by atoms with Crippen LogP contribution in [0.1, 0.15) is 22.7 Å². The normalized spacial score (nSPS) is 17.2. The van der Waals surface area contributed by atoms with Gasteiger partial charge in [0.25, 0.3) is 0 Å². The van der Waals surface area contributed by atoms with Gasteiger partial charge < -0.3 is 19.1 Å². The third-order valence-electron chi connectivity index (χ3n) is 6.30. The molecule has 0 N–H and O–H groups in total. The second kappa shape index (κ2) is 10.0. The van der Waals surface area contributed by atoms with Gasteiger partial charge in [0.15, 0.2) is 5.89 Å². The minimum absolute atomic E-state index is 0.100. The van der Waals surface area contributed by atoms with Gasteiger partial charge in [-0.25, -0.2) is 4.98 Å². The Morgan fingerprint density at radius 1 is 0.939 bits per heavy atom. The molecule has 3 heterocycles. The molecule has 174 valence electrons. The number of anilines is 1. The molecule has 4 rings (SSSR count). The standard InChI is InChI=1S/C24H30N6O3/c1-18-3-5-20(6-4-18)15-22(31)28-9-7-27(8-10-28)17-23(32)29-11-13-30(14-12-29)24-21(16-25)26-19(2)33-24/h3-6H,7-15,17H2,1-2H3. The lowest BCUT2D eigenvalue weighted by Crippen LogP contribution is -2.54. The molecule has 2 aromatic rings. The van der Waals surface area contributed by atoms with E-state index in [1.807, 2.05) is 45.9 Å². The van der Waals surface area contributed by atoms with Crippen LogP contribution < -0.4 is 4.90 Å². The van der Waals surface area contributed by atoms with Crippen molar-refractivity contribution in [1.82, 2.24) is 19.7 Å². The van der Waals surface area contributed by atoms with E-state index in [-0.39, 0.29) is 11.8 Å². The highest BCUT2D eigenvalue weighted by atomic mass is 16.4. The molecule has 0 radical (unpaired) electrons. The Kier molecular flexibility index (Phi) is 6.94. The number of carbonyl (C=O) groups excluding carboxylic acids is 2. The van der Waals surface area contributed by atoms with E-state index >= 15 is 0 Å². The number of aromatic nitrogens is 1. The van der Waals surface area contributed by atoms with Crippen LogP contribution in [0.4, 0.5) is 5.88 Å². The van der Waals surface area contributed by atoms with Crippen LogP contribution in [0, 0.1) is 25.2 Å². The van der Waals surface area contributed by atoms with Gasteiger partial charge in [0, 0.05) is 59.3 Å². The first-order valence-electron chi connectivity index (χ1n) is 11.4. The van der Waals surface area contributed by atoms with E-state index in [1.165, 1.54) is 5.56 Å². The first-order chi connectivity index (χ1) is 15.9. The third kappa shape index (κ3) is 5.52. The molecule has 2 fully saturated rings. The molecule has 1 aromatic heterocycles. The summed E-state index contributed by atoms with van der Waals surface area (Å²) in [5.41, 5.74) is 2.51. The number of piperazine rings is 2. The van der Waals surface area contributed by atoms with Crippen molar-refractivity contribution < 1.29 is 14.0 Å². The van der Waals surface area contributed by atoms with E-state index in [9.17, 15) is 14.9 Å². The zero-order chi connectivity index (χ0) is 23.4. The molecule has 0 unspecified atom stereocenters. The van der Waals surface area contributed by atoms with Crippen LogP contribution >= 0.6 is 0 Å². The van der Waals surface area contributed by atoms with Gasteiger partial charge in [-0.05, 0) is 12.5 Å². The highest BCUT2D eigenvalue weighted by Gasteiger charge is 2.28. The lowest BCUT2D eigenvalue weighted by atomic mass is 10.1. The number of hydrogen-bond donors (Lipinski definition) is 0. The van der Waals surface area contributed by atoms with Crippen molar-refractivity contribution in [2.24, 2.45) is 0 Å². The third-order valence-corrected chi connectivity index (χ3v) is 6.30. The van der Waals surface area contributed by atoms with Gasteiger partial charge in [-0.3, -0.25) is 14.5 Å². The quantitative estimate of drug-likeness (QED) is 0.675. The molecular formula is C24H30N6O3. The van der Waals surface area contributed by atoms with Crippen molar-refractivity contribution in [2.45, 2.75) is 20.3 Å². The highest BCUT2D eigenvalue weighted by molar-refractivity contribution is 5.80. The molecular weight excluding hydrogens is 420 g/mol. The predicted molar refractivity (Wildman–Crippen MR) is 123 cm³/mol. The Labute approximate surface area is 194 Å². The first-order valence-corrected chi connectivity index (χ1v) is 11.4. The summed E-state index contributed by atoms with van der Waals surface area (Å²) in [6.45, 7) is 9.20. The zero-order valence-corrected chi connectivity index (χ0v) is 19.3. The van der Waals surface area contributed by atoms with Crippen LogP contribution in [-0.2, 0) is 16.0 Å². The van der Waals surface area contributed by atoms with Crippen molar-refractivity contribution in [3.05, 3.63) is 47.0 Å². The van der Waals surface area contributed by atoms with E-state index in [0.717, 1.165) is 5.56 Å². The summed E-state index contributed by atoms with van der Waals surface area (Å²) in [5, 5.41) is 9.23. The van der Waals surface area contributed by atoms with Crippen LogP contribution in [0.3, 0.4) is 0 Å². The minimum Gasteiger partial charge on any atom is -0.424 e. The van der Waals surface area contributed by atoms with E-state index in [1.54, 1.807) is 6.92 Å². The topological polar surface area (TPSA) is 96.9 Å². The average Bonchev–Trinajstić information content (AvgIpc) is 3.22. The van der Waals surface area contributed by atoms with Gasteiger partial charge in [0.2, 0.25) is 23.4 Å². The molecule has 2 aliphatic heterocycles. The number of nitriles is 1. The van der Waals surface area contributed by atoms with Gasteiger partial charge in [0.1, 0.15) is 6.07 Å². The molecule has 2 aliphatic rings. The molecule has 0 spiro atoms. The minimum atomic E-state index is 0.100. The van der Waals surface area contributed by atoms with Gasteiger partial charge in [-0.2, -0.15) is 5.26 Å². The van der Waals surface area contributed by atoms with Crippen LogP contribution in [0.25, 0.3) is 0 Å². The maximum Gasteiger partial charge on any atom is 0.236 e. The van der Waals surface area contributed by atoms with Crippen LogP contribution in [0.2, 0.25) is 0 Å². The summed E-state index contributed by atoms with van der Waals surface area (Å²) in [6, 6.07) is 10.1. The first kappa shape index (κ1) is 22.8. The number of rotatable bonds is 5.